The molecule has 1 fully saturated rings. The van der Waals surface area contributed by atoms with Crippen LogP contribution in [0.3, 0.4) is 0 Å². The fourth-order valence-corrected chi connectivity index (χ4v) is 9.89. The van der Waals surface area contributed by atoms with Gasteiger partial charge in [0.15, 0.2) is 12.4 Å². The summed E-state index contributed by atoms with van der Waals surface area (Å²) in [6.07, 6.45) is 63.3. The van der Waals surface area contributed by atoms with Crippen LogP contribution in [0, 0.1) is 0 Å². The summed E-state index contributed by atoms with van der Waals surface area (Å²) >= 11 is 0. The minimum atomic E-state index is -1.62. The van der Waals surface area contributed by atoms with Gasteiger partial charge in [-0.1, -0.05) is 273 Å². The molecule has 6 N–H and O–H groups in total. The van der Waals surface area contributed by atoms with E-state index in [4.69, 9.17) is 14.2 Å². The Morgan fingerprint density at radius 3 is 1.48 bits per heavy atom. The summed E-state index contributed by atoms with van der Waals surface area (Å²) in [5.41, 5.74) is 0. The van der Waals surface area contributed by atoms with E-state index in [0.29, 0.717) is 12.8 Å². The van der Waals surface area contributed by atoms with E-state index in [2.05, 4.69) is 92.9 Å². The lowest BCUT2D eigenvalue weighted by Gasteiger charge is -2.41. The van der Waals surface area contributed by atoms with Crippen molar-refractivity contribution in [2.75, 3.05) is 13.2 Å². The van der Waals surface area contributed by atoms with Crippen LogP contribution in [0.4, 0.5) is 0 Å². The molecular formula is C69H121NO10. The van der Waals surface area contributed by atoms with Gasteiger partial charge in [-0.3, -0.25) is 9.59 Å². The second kappa shape index (κ2) is 56.3. The lowest BCUT2D eigenvalue weighted by Crippen LogP contribution is -2.61. The summed E-state index contributed by atoms with van der Waals surface area (Å²) in [4.78, 5) is 26.6. The smallest absolute Gasteiger partial charge is 0.306 e. The van der Waals surface area contributed by atoms with Crippen LogP contribution < -0.4 is 5.32 Å². The molecule has 11 nitrogen and oxygen atoms in total. The molecule has 0 aliphatic carbocycles. The standard InChI is InChI=1S/C69H121NO10/c1-4-7-10-13-16-19-22-25-27-28-29-30-31-32-33-34-35-37-38-41-44-47-50-53-56-62(73)68(77)70-60(61(72)55-52-49-46-43-40-24-21-18-15-12-9-6-3)59-78-69-67(66(76)65(75)63(58-71)79-69)80-64(74)57-54-51-48-45-42-39-36-26-23-20-17-14-11-8-5-2/h8,11,14,16-17,19-20,23,25,27,29-30,52,55,60-63,65-67,69,71-73,75-76H,4-7,9-10,12-13,15,18,21-22,24,26,28,31-51,53-54,56-59H2,1-3H3,(H,70,77)/b11-8+,17-14+,19-16-,23-20+,27-25-,30-29-,55-52+. The van der Waals surface area contributed by atoms with Crippen molar-refractivity contribution in [3.8, 4) is 0 Å². The number of nitrogens with one attached hydrogen (secondary N) is 1. The fraction of sp³-hybridized carbons (Fsp3) is 0.768. The lowest BCUT2D eigenvalue weighted by atomic mass is 9.99. The third-order valence-corrected chi connectivity index (χ3v) is 15.1. The molecule has 0 radical (unpaired) electrons. The van der Waals surface area contributed by atoms with Crippen molar-refractivity contribution in [1.82, 2.24) is 5.32 Å². The van der Waals surface area contributed by atoms with Gasteiger partial charge >= 0.3 is 5.97 Å². The van der Waals surface area contributed by atoms with E-state index in [1.807, 2.05) is 12.2 Å². The van der Waals surface area contributed by atoms with Gasteiger partial charge in [0.05, 0.1) is 25.4 Å². The monoisotopic (exact) mass is 1120 g/mol. The molecule has 1 heterocycles. The van der Waals surface area contributed by atoms with Crippen molar-refractivity contribution in [3.63, 3.8) is 0 Å². The van der Waals surface area contributed by atoms with Crippen molar-refractivity contribution < 1.29 is 49.3 Å². The summed E-state index contributed by atoms with van der Waals surface area (Å²) in [6, 6.07) is -1.03. The number of unbranched alkanes of at least 4 members (excludes halogenated alkanes) is 31. The second-order valence-electron chi connectivity index (χ2n) is 22.5. The minimum absolute atomic E-state index is 0.107. The highest BCUT2D eigenvalue weighted by atomic mass is 16.7. The minimum Gasteiger partial charge on any atom is -0.454 e. The van der Waals surface area contributed by atoms with Crippen molar-refractivity contribution in [3.05, 3.63) is 85.1 Å². The first-order valence-corrected chi connectivity index (χ1v) is 32.9. The van der Waals surface area contributed by atoms with Gasteiger partial charge in [0, 0.05) is 6.42 Å². The van der Waals surface area contributed by atoms with E-state index in [1.165, 1.54) is 122 Å². The van der Waals surface area contributed by atoms with Crippen molar-refractivity contribution >= 4 is 11.9 Å². The number of carbonyl (C=O) groups is 2. The number of carbonyl (C=O) groups excluding carboxylic acids is 2. The maximum absolute atomic E-state index is 13.5. The molecule has 0 bridgehead atoms. The van der Waals surface area contributed by atoms with Gasteiger partial charge < -0.3 is 45.1 Å². The molecule has 11 heteroatoms. The zero-order chi connectivity index (χ0) is 58.2. The average molecular weight is 1120 g/mol. The van der Waals surface area contributed by atoms with Gasteiger partial charge in [-0.25, -0.2) is 0 Å². The van der Waals surface area contributed by atoms with Gasteiger partial charge in [0.2, 0.25) is 5.91 Å². The molecule has 1 saturated heterocycles. The number of amides is 1. The van der Waals surface area contributed by atoms with Gasteiger partial charge in [-0.15, -0.1) is 0 Å². The average Bonchev–Trinajstić information content (AvgIpc) is 3.48. The molecule has 462 valence electrons. The van der Waals surface area contributed by atoms with E-state index >= 15 is 0 Å². The third kappa shape index (κ3) is 43.5. The van der Waals surface area contributed by atoms with Crippen LogP contribution in [0.15, 0.2) is 85.1 Å². The highest BCUT2D eigenvalue weighted by Gasteiger charge is 2.47. The Hall–Kier alpha value is -3.16. The summed E-state index contributed by atoms with van der Waals surface area (Å²) in [6.45, 7) is 5.63. The second-order valence-corrected chi connectivity index (χ2v) is 22.5. The van der Waals surface area contributed by atoms with Crippen LogP contribution in [0.25, 0.3) is 0 Å². The summed E-state index contributed by atoms with van der Waals surface area (Å²) in [5, 5.41) is 57.1. The molecule has 0 saturated carbocycles. The Kier molecular flexibility index (Phi) is 52.7. The molecule has 1 rings (SSSR count). The SMILES string of the molecule is CC/C=C/C=C/C=C/CCCCCCCCCC(=O)OC1C(OCC(NC(=O)C(O)CCCCCCCCCCCCC/C=C\C/C=C\C/C=C\CCCCC)C(O)/C=C/CCCCCCCCCCCC)OC(CO)C(O)C1O. The predicted molar refractivity (Wildman–Crippen MR) is 333 cm³/mol. The number of hydrogen-bond donors (Lipinski definition) is 6. The molecule has 8 atom stereocenters. The molecule has 1 aliphatic heterocycles. The zero-order valence-corrected chi connectivity index (χ0v) is 51.2. The van der Waals surface area contributed by atoms with E-state index in [0.717, 1.165) is 109 Å². The van der Waals surface area contributed by atoms with E-state index in [1.54, 1.807) is 6.08 Å². The van der Waals surface area contributed by atoms with E-state index in [-0.39, 0.29) is 19.4 Å². The molecule has 0 spiro atoms. The zero-order valence-electron chi connectivity index (χ0n) is 51.2. The van der Waals surface area contributed by atoms with Crippen molar-refractivity contribution in [2.24, 2.45) is 0 Å². The summed E-state index contributed by atoms with van der Waals surface area (Å²) in [7, 11) is 0. The number of aliphatic hydroxyl groups is 5. The Labute approximate surface area is 489 Å². The van der Waals surface area contributed by atoms with Crippen LogP contribution in [-0.2, 0) is 23.8 Å². The highest BCUT2D eigenvalue weighted by molar-refractivity contribution is 5.80. The lowest BCUT2D eigenvalue weighted by molar-refractivity contribution is -0.305. The molecule has 0 aromatic heterocycles. The number of ether oxygens (including phenoxy) is 3. The number of hydrogen-bond acceptors (Lipinski definition) is 10. The van der Waals surface area contributed by atoms with Gasteiger partial charge in [-0.2, -0.15) is 0 Å². The normalized spacial score (nSPS) is 19.3. The van der Waals surface area contributed by atoms with Crippen LogP contribution in [-0.4, -0.2) is 99.6 Å². The number of allylic oxidation sites excluding steroid dienone is 13. The molecule has 8 unspecified atom stereocenters. The van der Waals surface area contributed by atoms with E-state index < -0.39 is 67.4 Å². The highest BCUT2D eigenvalue weighted by Crippen LogP contribution is 2.26. The molecule has 0 aromatic carbocycles. The fourth-order valence-electron chi connectivity index (χ4n) is 9.89. The van der Waals surface area contributed by atoms with Crippen LogP contribution in [0.2, 0.25) is 0 Å². The molecular weight excluding hydrogens is 1000 g/mol. The van der Waals surface area contributed by atoms with E-state index in [9.17, 15) is 35.1 Å². The summed E-state index contributed by atoms with van der Waals surface area (Å²) in [5.74, 6) is -1.21. The van der Waals surface area contributed by atoms with Crippen molar-refractivity contribution in [2.45, 2.75) is 327 Å². The molecule has 1 amide bonds. The van der Waals surface area contributed by atoms with Gasteiger partial charge in [-0.05, 0) is 83.5 Å². The summed E-state index contributed by atoms with van der Waals surface area (Å²) < 4.78 is 17.6. The largest absolute Gasteiger partial charge is 0.454 e. The quantitative estimate of drug-likeness (QED) is 0.0149. The first-order valence-electron chi connectivity index (χ1n) is 32.9. The van der Waals surface area contributed by atoms with Crippen LogP contribution in [0.5, 0.6) is 0 Å². The number of rotatable bonds is 55. The molecule has 80 heavy (non-hydrogen) atoms. The first-order chi connectivity index (χ1) is 39.2. The van der Waals surface area contributed by atoms with Crippen molar-refractivity contribution in [1.29, 1.82) is 0 Å². The third-order valence-electron chi connectivity index (χ3n) is 15.1. The molecule has 1 aliphatic rings. The predicted octanol–water partition coefficient (Wildman–Crippen LogP) is 16.1. The maximum Gasteiger partial charge on any atom is 0.306 e. The number of aliphatic hydroxyl groups excluding tert-OH is 5. The Morgan fingerprint density at radius 2 is 0.950 bits per heavy atom. The first kappa shape index (κ1) is 74.9. The number of esters is 1. The maximum atomic E-state index is 13.5. The van der Waals surface area contributed by atoms with Gasteiger partial charge in [0.1, 0.15) is 24.4 Å². The topological polar surface area (TPSA) is 175 Å². The van der Waals surface area contributed by atoms with Gasteiger partial charge in [0.25, 0.3) is 0 Å². The molecule has 0 aromatic rings. The Balaban J connectivity index is 2.62. The Morgan fingerprint density at radius 1 is 0.512 bits per heavy atom. The Bertz CT molecular complexity index is 1620. The van der Waals surface area contributed by atoms with Crippen LogP contribution >= 0.6 is 0 Å². The van der Waals surface area contributed by atoms with Crippen LogP contribution in [0.1, 0.15) is 278 Å².